The molecule has 6 heteroatoms. The molecule has 21 heavy (non-hydrogen) atoms. The van der Waals surface area contributed by atoms with Crippen molar-refractivity contribution >= 4 is 15.9 Å². The number of rotatable bonds is 3. The molecule has 1 aliphatic heterocycles. The molecule has 0 fully saturated rings. The van der Waals surface area contributed by atoms with Crippen LogP contribution in [0.5, 0.6) is 11.5 Å². The Hall–Kier alpha value is -1.82. The highest BCUT2D eigenvalue weighted by Crippen LogP contribution is 2.35. The first-order valence-electron chi connectivity index (χ1n) is 6.73. The predicted octanol–water partition coefficient (Wildman–Crippen LogP) is 3.13. The molecule has 1 N–H and O–H groups in total. The molecule has 1 aromatic heterocycles. The summed E-state index contributed by atoms with van der Waals surface area (Å²) in [5, 5.41) is 0. The average molecular weight is 351 g/mol. The quantitative estimate of drug-likeness (QED) is 0.923. The Balaban J connectivity index is 2.06. The molecule has 0 unspecified atom stereocenters. The van der Waals surface area contributed by atoms with E-state index in [4.69, 9.17) is 9.47 Å². The number of nitrogens with one attached hydrogen (secondary N) is 1. The van der Waals surface area contributed by atoms with Crippen LogP contribution in [0.15, 0.2) is 27.5 Å². The van der Waals surface area contributed by atoms with Gasteiger partial charge in [0.25, 0.3) is 5.56 Å². The minimum absolute atomic E-state index is 0.173. The van der Waals surface area contributed by atoms with Gasteiger partial charge in [0.2, 0.25) is 6.79 Å². The number of hydrogen-bond donors (Lipinski definition) is 1. The highest BCUT2D eigenvalue weighted by molar-refractivity contribution is 9.10. The molecule has 1 aromatic carbocycles. The summed E-state index contributed by atoms with van der Waals surface area (Å²) in [5.41, 5.74) is 1.39. The molecule has 5 nitrogen and oxygen atoms in total. The number of hydrogen-bond acceptors (Lipinski definition) is 4. The maximum absolute atomic E-state index is 12.1. The van der Waals surface area contributed by atoms with Crippen molar-refractivity contribution in [3.8, 4) is 22.9 Å². The number of aromatic nitrogens is 2. The fraction of sp³-hybridized carbons (Fsp3) is 0.333. The van der Waals surface area contributed by atoms with Gasteiger partial charge >= 0.3 is 0 Å². The summed E-state index contributed by atoms with van der Waals surface area (Å²) in [7, 11) is 0. The summed E-state index contributed by atoms with van der Waals surface area (Å²) < 4.78 is 11.1. The molecule has 0 amide bonds. The monoisotopic (exact) mass is 350 g/mol. The van der Waals surface area contributed by atoms with Crippen LogP contribution in [0.2, 0.25) is 0 Å². The van der Waals surface area contributed by atoms with Gasteiger partial charge in [0, 0.05) is 5.56 Å². The first-order valence-corrected chi connectivity index (χ1v) is 7.52. The van der Waals surface area contributed by atoms with Gasteiger partial charge in [-0.1, -0.05) is 13.8 Å². The summed E-state index contributed by atoms with van der Waals surface area (Å²) in [6.45, 7) is 4.41. The third-order valence-electron chi connectivity index (χ3n) is 3.18. The number of halogens is 1. The summed E-state index contributed by atoms with van der Waals surface area (Å²) in [4.78, 5) is 19.4. The van der Waals surface area contributed by atoms with E-state index in [0.717, 1.165) is 17.7 Å². The molecular formula is C15H15BrN2O3. The van der Waals surface area contributed by atoms with E-state index in [2.05, 4.69) is 39.7 Å². The molecule has 0 bridgehead atoms. The van der Waals surface area contributed by atoms with E-state index in [1.807, 2.05) is 18.2 Å². The first-order chi connectivity index (χ1) is 10.0. The first kappa shape index (κ1) is 14.1. The van der Waals surface area contributed by atoms with Gasteiger partial charge < -0.3 is 14.5 Å². The molecule has 0 spiro atoms. The average Bonchev–Trinajstić information content (AvgIpc) is 2.90. The van der Waals surface area contributed by atoms with E-state index < -0.39 is 0 Å². The van der Waals surface area contributed by atoms with Crippen molar-refractivity contribution in [2.75, 3.05) is 6.79 Å². The highest BCUT2D eigenvalue weighted by atomic mass is 79.9. The predicted molar refractivity (Wildman–Crippen MR) is 82.7 cm³/mol. The fourth-order valence-electron chi connectivity index (χ4n) is 2.21. The zero-order valence-electron chi connectivity index (χ0n) is 11.8. The number of aromatic amines is 1. The van der Waals surface area contributed by atoms with Gasteiger partial charge in [0.05, 0.1) is 5.69 Å². The molecular weight excluding hydrogens is 336 g/mol. The molecule has 110 valence electrons. The lowest BCUT2D eigenvalue weighted by atomic mass is 10.1. The normalized spacial score (nSPS) is 13.0. The van der Waals surface area contributed by atoms with Gasteiger partial charge in [-0.2, -0.15) is 0 Å². The molecule has 0 saturated heterocycles. The van der Waals surface area contributed by atoms with Crippen molar-refractivity contribution in [1.29, 1.82) is 0 Å². The van der Waals surface area contributed by atoms with Crippen LogP contribution in [0.3, 0.4) is 0 Å². The molecule has 0 atom stereocenters. The number of nitrogens with zero attached hydrogens (tertiary/aromatic N) is 1. The van der Waals surface area contributed by atoms with Gasteiger partial charge in [0.1, 0.15) is 10.3 Å². The minimum Gasteiger partial charge on any atom is -0.454 e. The second-order valence-corrected chi connectivity index (χ2v) is 6.13. The maximum Gasteiger partial charge on any atom is 0.265 e. The molecule has 2 aromatic rings. The van der Waals surface area contributed by atoms with E-state index in [9.17, 15) is 4.79 Å². The summed E-state index contributed by atoms with van der Waals surface area (Å²) in [6, 6.07) is 5.51. The Kier molecular flexibility index (Phi) is 3.71. The van der Waals surface area contributed by atoms with Gasteiger partial charge in [-0.15, -0.1) is 0 Å². The summed E-state index contributed by atoms with van der Waals surface area (Å²) in [5.74, 6) is 2.33. The molecule has 1 aliphatic rings. The van der Waals surface area contributed by atoms with Crippen molar-refractivity contribution in [2.45, 2.75) is 20.3 Å². The zero-order chi connectivity index (χ0) is 15.0. The fourth-order valence-corrected chi connectivity index (χ4v) is 2.56. The van der Waals surface area contributed by atoms with Crippen LogP contribution in [0.1, 0.15) is 19.5 Å². The summed E-state index contributed by atoms with van der Waals surface area (Å²) >= 11 is 3.31. The molecule has 3 rings (SSSR count). The third-order valence-corrected chi connectivity index (χ3v) is 4.00. The van der Waals surface area contributed by atoms with Crippen molar-refractivity contribution in [2.24, 2.45) is 5.92 Å². The lowest BCUT2D eigenvalue weighted by Crippen LogP contribution is -2.15. The van der Waals surface area contributed by atoms with Crippen molar-refractivity contribution in [3.63, 3.8) is 0 Å². The van der Waals surface area contributed by atoms with Crippen LogP contribution >= 0.6 is 15.9 Å². The highest BCUT2D eigenvalue weighted by Gasteiger charge is 2.16. The van der Waals surface area contributed by atoms with Crippen LogP contribution in [0, 0.1) is 5.92 Å². The van der Waals surface area contributed by atoms with Crippen LogP contribution in [-0.2, 0) is 6.42 Å². The molecule has 0 radical (unpaired) electrons. The Morgan fingerprint density at radius 2 is 2.10 bits per heavy atom. The number of benzene rings is 1. The third kappa shape index (κ3) is 2.81. The Morgan fingerprint density at radius 3 is 2.86 bits per heavy atom. The maximum atomic E-state index is 12.1. The topological polar surface area (TPSA) is 64.2 Å². The Labute approximate surface area is 130 Å². The zero-order valence-corrected chi connectivity index (χ0v) is 13.4. The van der Waals surface area contributed by atoms with Crippen LogP contribution in [-0.4, -0.2) is 16.8 Å². The molecule has 0 aliphatic carbocycles. The Morgan fingerprint density at radius 1 is 1.33 bits per heavy atom. The minimum atomic E-state index is -0.173. The Bertz CT molecular complexity index is 740. The van der Waals surface area contributed by atoms with E-state index in [1.165, 1.54) is 0 Å². The van der Waals surface area contributed by atoms with Crippen LogP contribution in [0.4, 0.5) is 0 Å². The number of fused-ring (bicyclic) bond motifs is 1. The lowest BCUT2D eigenvalue weighted by Gasteiger charge is -2.09. The van der Waals surface area contributed by atoms with Gasteiger partial charge in [-0.25, -0.2) is 4.98 Å². The second-order valence-electron chi connectivity index (χ2n) is 5.34. The SMILES string of the molecule is CC(C)Cc1nc(-c2ccc3c(c2)OCO3)[nH]c(=O)c1Br. The van der Waals surface area contributed by atoms with E-state index in [0.29, 0.717) is 27.7 Å². The molecule has 0 saturated carbocycles. The van der Waals surface area contributed by atoms with E-state index in [1.54, 1.807) is 0 Å². The number of H-pyrrole nitrogens is 1. The molecule has 2 heterocycles. The van der Waals surface area contributed by atoms with E-state index >= 15 is 0 Å². The van der Waals surface area contributed by atoms with Crippen molar-refractivity contribution in [1.82, 2.24) is 9.97 Å². The number of ether oxygens (including phenoxy) is 2. The lowest BCUT2D eigenvalue weighted by molar-refractivity contribution is 0.174. The van der Waals surface area contributed by atoms with Crippen molar-refractivity contribution in [3.05, 3.63) is 38.7 Å². The smallest absolute Gasteiger partial charge is 0.265 e. The van der Waals surface area contributed by atoms with Crippen LogP contribution < -0.4 is 15.0 Å². The summed E-state index contributed by atoms with van der Waals surface area (Å²) in [6.07, 6.45) is 0.738. The van der Waals surface area contributed by atoms with Gasteiger partial charge in [0.15, 0.2) is 11.5 Å². The van der Waals surface area contributed by atoms with Gasteiger partial charge in [-0.3, -0.25) is 4.79 Å². The second kappa shape index (κ2) is 5.52. The van der Waals surface area contributed by atoms with Crippen LogP contribution in [0.25, 0.3) is 11.4 Å². The standard InChI is InChI=1S/C15H15BrN2O3/c1-8(2)5-10-13(16)15(19)18-14(17-10)9-3-4-11-12(6-9)21-7-20-11/h3-4,6,8H,5,7H2,1-2H3,(H,17,18,19). The van der Waals surface area contributed by atoms with Gasteiger partial charge in [-0.05, 0) is 46.5 Å². The van der Waals surface area contributed by atoms with E-state index in [-0.39, 0.29) is 12.4 Å². The van der Waals surface area contributed by atoms with Crippen molar-refractivity contribution < 1.29 is 9.47 Å². The largest absolute Gasteiger partial charge is 0.454 e.